The Morgan fingerprint density at radius 3 is 2.18 bits per heavy atom. The molecule has 0 amide bonds. The van der Waals surface area contributed by atoms with Crippen molar-refractivity contribution in [2.45, 2.75) is 17.6 Å². The number of carboxylic acid groups (broad SMARTS) is 2. The van der Waals surface area contributed by atoms with Crippen LogP contribution < -0.4 is 0 Å². The Morgan fingerprint density at radius 1 is 1.06 bits per heavy atom. The van der Waals surface area contributed by atoms with E-state index in [9.17, 15) is 13.5 Å². The topological polar surface area (TPSA) is 145 Å². The molecule has 33 heavy (non-hydrogen) atoms. The number of ether oxygens (including phenoxy) is 1. The quantitative estimate of drug-likeness (QED) is 0.406. The van der Waals surface area contributed by atoms with Crippen LogP contribution in [-0.4, -0.2) is 90.3 Å². The molecule has 2 aromatic rings. The van der Waals surface area contributed by atoms with Gasteiger partial charge in [-0.05, 0) is 35.7 Å². The summed E-state index contributed by atoms with van der Waals surface area (Å²) < 4.78 is 33.3. The molecular weight excluding hydrogens is 540 g/mol. The number of rotatable bonds is 8. The van der Waals surface area contributed by atoms with Crippen LogP contribution in [0.4, 0.5) is 0 Å². The number of carbonyl (C=O) groups is 2. The highest BCUT2D eigenvalue weighted by Gasteiger charge is 2.29. The molecule has 1 atom stereocenters. The second kappa shape index (κ2) is 13.1. The van der Waals surface area contributed by atoms with Gasteiger partial charge in [0.05, 0.1) is 24.2 Å². The Balaban J connectivity index is 0.000000569. The van der Waals surface area contributed by atoms with Gasteiger partial charge in [-0.25, -0.2) is 18.0 Å². The summed E-state index contributed by atoms with van der Waals surface area (Å²) in [7, 11) is -3.47. The largest absolute Gasteiger partial charge is 0.473 e. The molecule has 1 aromatic carbocycles. The number of carboxylic acids is 2. The van der Waals surface area contributed by atoms with E-state index in [1.54, 1.807) is 35.6 Å². The number of hydrogen-bond donors (Lipinski definition) is 3. The zero-order valence-corrected chi connectivity index (χ0v) is 20.8. The summed E-state index contributed by atoms with van der Waals surface area (Å²) >= 11 is 4.95. The third-order valence-corrected chi connectivity index (χ3v) is 7.86. The van der Waals surface area contributed by atoms with E-state index in [0.717, 1.165) is 9.35 Å². The molecular formula is C20H25BrN2O8S2. The highest BCUT2D eigenvalue weighted by molar-refractivity contribution is 9.10. The summed E-state index contributed by atoms with van der Waals surface area (Å²) in [5.41, 5.74) is 0. The number of aliphatic carboxylic acids is 2. The minimum Gasteiger partial charge on any atom is -0.473 e. The van der Waals surface area contributed by atoms with Crippen molar-refractivity contribution in [1.29, 1.82) is 0 Å². The summed E-state index contributed by atoms with van der Waals surface area (Å²) in [5.74, 6) is -3.65. The van der Waals surface area contributed by atoms with Crippen LogP contribution in [0.1, 0.15) is 4.88 Å². The van der Waals surface area contributed by atoms with Crippen molar-refractivity contribution in [3.8, 4) is 0 Å². The van der Waals surface area contributed by atoms with Gasteiger partial charge in [0.2, 0.25) is 10.0 Å². The van der Waals surface area contributed by atoms with Gasteiger partial charge in [0.25, 0.3) is 0 Å². The van der Waals surface area contributed by atoms with Crippen LogP contribution in [0, 0.1) is 0 Å². The van der Waals surface area contributed by atoms with E-state index < -0.39 is 28.1 Å². The van der Waals surface area contributed by atoms with Gasteiger partial charge in [-0.1, -0.05) is 22.0 Å². The number of halogens is 1. The average Bonchev–Trinajstić information content (AvgIpc) is 3.28. The lowest BCUT2D eigenvalue weighted by Crippen LogP contribution is -2.50. The molecule has 182 valence electrons. The number of sulfonamides is 1. The Kier molecular flexibility index (Phi) is 10.9. The van der Waals surface area contributed by atoms with Crippen LogP contribution in [0.5, 0.6) is 0 Å². The maximum atomic E-state index is 12.7. The molecule has 3 rings (SSSR count). The molecule has 13 heteroatoms. The Morgan fingerprint density at radius 2 is 1.67 bits per heavy atom. The third kappa shape index (κ3) is 9.12. The van der Waals surface area contributed by atoms with Crippen LogP contribution in [0.3, 0.4) is 0 Å². The van der Waals surface area contributed by atoms with Crippen LogP contribution in [0.2, 0.25) is 0 Å². The van der Waals surface area contributed by atoms with Crippen molar-refractivity contribution in [3.05, 3.63) is 51.1 Å². The van der Waals surface area contributed by atoms with E-state index in [4.69, 9.17) is 24.5 Å². The number of aliphatic hydroxyl groups excluding tert-OH is 1. The number of β-amino-alcohol motifs (C(OH)–C–C–N with tert-alkyl or cyclic N) is 1. The molecule has 1 fully saturated rings. The first-order valence-electron chi connectivity index (χ1n) is 9.82. The van der Waals surface area contributed by atoms with Crippen LogP contribution in [0.25, 0.3) is 0 Å². The second-order valence-electron chi connectivity index (χ2n) is 7.02. The molecule has 1 aromatic heterocycles. The lowest BCUT2D eigenvalue weighted by molar-refractivity contribution is -0.159. The highest BCUT2D eigenvalue weighted by atomic mass is 79.9. The number of nitrogens with zero attached hydrogens (tertiary/aromatic N) is 2. The lowest BCUT2D eigenvalue weighted by Gasteiger charge is -2.34. The standard InChI is InChI=1S/C18H23BrN2O4S2.C2H2O4/c19-15-3-5-18(6-4-15)27(23,24)21-9-7-20(8-10-21)12-16(22)13-25-14-17-2-1-11-26-17;3-1(4)2(5)6/h1-6,11,16,22H,7-10,12-14H2;(H,3,4)(H,5,6). The fourth-order valence-corrected chi connectivity index (χ4v) is 5.28. The molecule has 1 aliphatic heterocycles. The van der Waals surface area contributed by atoms with Gasteiger partial charge in [0, 0.05) is 42.1 Å². The van der Waals surface area contributed by atoms with Gasteiger partial charge < -0.3 is 20.1 Å². The van der Waals surface area contributed by atoms with Gasteiger partial charge in [0.1, 0.15) is 0 Å². The minimum absolute atomic E-state index is 0.273. The summed E-state index contributed by atoms with van der Waals surface area (Å²) in [4.78, 5) is 21.7. The zero-order valence-electron chi connectivity index (χ0n) is 17.5. The fourth-order valence-electron chi connectivity index (χ4n) is 2.95. The van der Waals surface area contributed by atoms with Crippen molar-refractivity contribution in [3.63, 3.8) is 0 Å². The number of hydrogen-bond acceptors (Lipinski definition) is 8. The molecule has 2 heterocycles. The zero-order chi connectivity index (χ0) is 24.4. The Bertz CT molecular complexity index is 980. The molecule has 0 aliphatic carbocycles. The first kappa shape index (κ1) is 27.4. The predicted octanol–water partition coefficient (Wildman–Crippen LogP) is 1.55. The molecule has 0 bridgehead atoms. The van der Waals surface area contributed by atoms with E-state index >= 15 is 0 Å². The number of aliphatic hydroxyl groups is 1. The molecule has 0 radical (unpaired) electrons. The Labute approximate surface area is 204 Å². The van der Waals surface area contributed by atoms with Crippen LogP contribution in [0.15, 0.2) is 51.1 Å². The third-order valence-electron chi connectivity index (χ3n) is 4.57. The Hall–Kier alpha value is -1.87. The molecule has 0 saturated carbocycles. The molecule has 1 aliphatic rings. The molecule has 10 nitrogen and oxygen atoms in total. The fraction of sp³-hybridized carbons (Fsp3) is 0.400. The first-order chi connectivity index (χ1) is 15.6. The summed E-state index contributed by atoms with van der Waals surface area (Å²) in [6.45, 7) is 3.29. The van der Waals surface area contributed by atoms with Crippen molar-refractivity contribution in [2.24, 2.45) is 0 Å². The smallest absolute Gasteiger partial charge is 0.414 e. The van der Waals surface area contributed by atoms with Crippen molar-refractivity contribution >= 4 is 49.2 Å². The molecule has 3 N–H and O–H groups in total. The first-order valence-corrected chi connectivity index (χ1v) is 12.9. The maximum Gasteiger partial charge on any atom is 0.414 e. The summed E-state index contributed by atoms with van der Waals surface area (Å²) in [6.07, 6.45) is -0.584. The van der Waals surface area contributed by atoms with Gasteiger partial charge in [0.15, 0.2) is 0 Å². The van der Waals surface area contributed by atoms with E-state index in [2.05, 4.69) is 20.8 Å². The van der Waals surface area contributed by atoms with Gasteiger partial charge >= 0.3 is 11.9 Å². The summed E-state index contributed by atoms with van der Waals surface area (Å²) in [5, 5.41) is 26.9. The van der Waals surface area contributed by atoms with Crippen LogP contribution >= 0.6 is 27.3 Å². The second-order valence-corrected chi connectivity index (χ2v) is 10.9. The maximum absolute atomic E-state index is 12.7. The van der Waals surface area contributed by atoms with E-state index in [0.29, 0.717) is 44.2 Å². The van der Waals surface area contributed by atoms with Crippen molar-refractivity contribution in [2.75, 3.05) is 39.3 Å². The molecule has 1 saturated heterocycles. The van der Waals surface area contributed by atoms with E-state index in [1.165, 1.54) is 4.31 Å². The van der Waals surface area contributed by atoms with Crippen molar-refractivity contribution < 1.29 is 38.1 Å². The van der Waals surface area contributed by atoms with Gasteiger partial charge in [-0.3, -0.25) is 4.90 Å². The SMILES string of the molecule is O=C(O)C(=O)O.O=S(=O)(c1ccc(Br)cc1)N1CCN(CC(O)COCc2cccs2)CC1. The summed E-state index contributed by atoms with van der Waals surface area (Å²) in [6, 6.07) is 10.7. The normalized spacial score (nSPS) is 15.9. The van der Waals surface area contributed by atoms with Crippen LogP contribution in [-0.2, 0) is 31.0 Å². The minimum atomic E-state index is -3.47. The number of piperazine rings is 1. The highest BCUT2D eigenvalue weighted by Crippen LogP contribution is 2.20. The van der Waals surface area contributed by atoms with Gasteiger partial charge in [-0.15, -0.1) is 11.3 Å². The predicted molar refractivity (Wildman–Crippen MR) is 125 cm³/mol. The monoisotopic (exact) mass is 564 g/mol. The van der Waals surface area contributed by atoms with Crippen molar-refractivity contribution in [1.82, 2.24) is 9.21 Å². The number of benzene rings is 1. The van der Waals surface area contributed by atoms with Gasteiger partial charge in [-0.2, -0.15) is 4.31 Å². The van der Waals surface area contributed by atoms with E-state index in [-0.39, 0.29) is 6.61 Å². The average molecular weight is 565 g/mol. The lowest BCUT2D eigenvalue weighted by atomic mass is 10.3. The van der Waals surface area contributed by atoms with E-state index in [1.807, 2.05) is 17.5 Å². The number of thiophene rings is 1. The molecule has 0 spiro atoms. The molecule has 1 unspecified atom stereocenters.